The van der Waals surface area contributed by atoms with Crippen LogP contribution in [0.1, 0.15) is 74.7 Å². The molecule has 0 bridgehead atoms. The molecule has 0 aromatic carbocycles. The third-order valence-electron chi connectivity index (χ3n) is 5.84. The minimum Gasteiger partial charge on any atom is -0.0943 e. The lowest BCUT2D eigenvalue weighted by Gasteiger charge is -2.41. The van der Waals surface area contributed by atoms with Gasteiger partial charge in [-0.1, -0.05) is 72.3 Å². The van der Waals surface area contributed by atoms with Gasteiger partial charge in [0.2, 0.25) is 0 Å². The van der Waals surface area contributed by atoms with Crippen molar-refractivity contribution in [2.24, 2.45) is 10.8 Å². The van der Waals surface area contributed by atoms with E-state index >= 15 is 0 Å². The Bertz CT molecular complexity index is 474. The second-order valence-electron chi connectivity index (χ2n) is 6.52. The van der Waals surface area contributed by atoms with E-state index in [-0.39, 0.29) is 10.8 Å². The van der Waals surface area contributed by atoms with Crippen LogP contribution in [0.4, 0.5) is 0 Å². The van der Waals surface area contributed by atoms with Gasteiger partial charge < -0.3 is 0 Å². The highest BCUT2D eigenvalue weighted by Gasteiger charge is 2.54. The van der Waals surface area contributed by atoms with Crippen molar-refractivity contribution in [3.05, 3.63) is 46.6 Å². The van der Waals surface area contributed by atoms with Gasteiger partial charge in [0.25, 0.3) is 0 Å². The molecule has 2 saturated carbocycles. The van der Waals surface area contributed by atoms with Gasteiger partial charge in [0.05, 0.1) is 0 Å². The smallest absolute Gasteiger partial charge is 0.0203 e. The molecule has 3 rings (SSSR count). The number of hydrogen-bond donors (Lipinski definition) is 0. The monoisotopic (exact) mass is 286 g/mol. The minimum atomic E-state index is 0.196. The Hall–Kier alpha value is -1.04. The van der Waals surface area contributed by atoms with Crippen LogP contribution in [0.3, 0.4) is 0 Å². The third kappa shape index (κ3) is 2.10. The zero-order valence-electron chi connectivity index (χ0n) is 15.5. The maximum Gasteiger partial charge on any atom is 0.0203 e. The lowest BCUT2D eigenvalue weighted by molar-refractivity contribution is 0.257. The molecule has 0 aromatic heterocycles. The minimum absolute atomic E-state index is 0.196. The molecule has 3 aliphatic carbocycles. The van der Waals surface area contributed by atoms with Crippen molar-refractivity contribution in [1.29, 1.82) is 0 Å². The van der Waals surface area contributed by atoms with Crippen molar-refractivity contribution in [3.63, 3.8) is 0 Å². The third-order valence-corrected chi connectivity index (χ3v) is 5.84. The summed E-state index contributed by atoms with van der Waals surface area (Å²) in [6.07, 6.45) is 3.86. The Balaban J connectivity index is 0.000000510. The fraction of sp³-hybridized carbons (Fsp3) is 0.619. The van der Waals surface area contributed by atoms with E-state index in [1.54, 1.807) is 0 Å². The summed E-state index contributed by atoms with van der Waals surface area (Å²) in [4.78, 5) is 0. The van der Waals surface area contributed by atoms with Crippen LogP contribution in [-0.4, -0.2) is 0 Å². The largest absolute Gasteiger partial charge is 0.0943 e. The van der Waals surface area contributed by atoms with Crippen LogP contribution < -0.4 is 0 Å². The Morgan fingerprint density at radius 2 is 1.10 bits per heavy atom. The highest BCUT2D eigenvalue weighted by Crippen LogP contribution is 2.67. The molecule has 0 amide bonds. The van der Waals surface area contributed by atoms with Crippen molar-refractivity contribution < 1.29 is 0 Å². The Labute approximate surface area is 132 Å². The van der Waals surface area contributed by atoms with Crippen LogP contribution in [0.2, 0.25) is 0 Å². The molecule has 0 N–H and O–H groups in total. The predicted octanol–water partition coefficient (Wildman–Crippen LogP) is 7.01. The summed E-state index contributed by atoms with van der Waals surface area (Å²) in [5, 5.41) is 0. The van der Waals surface area contributed by atoms with Gasteiger partial charge in [0, 0.05) is 10.8 Å². The van der Waals surface area contributed by atoms with Gasteiger partial charge in [0.15, 0.2) is 0 Å². The second kappa shape index (κ2) is 5.99. The van der Waals surface area contributed by atoms with Gasteiger partial charge in [-0.3, -0.25) is 0 Å². The predicted molar refractivity (Wildman–Crippen MR) is 96.4 cm³/mol. The Kier molecular flexibility index (Phi) is 5.13. The van der Waals surface area contributed by atoms with E-state index in [9.17, 15) is 0 Å². The van der Waals surface area contributed by atoms with E-state index in [1.807, 2.05) is 27.7 Å². The number of rotatable bonds is 0. The molecule has 0 aliphatic heterocycles. The molecule has 0 unspecified atom stereocenters. The summed E-state index contributed by atoms with van der Waals surface area (Å²) >= 11 is 0. The van der Waals surface area contributed by atoms with Gasteiger partial charge in [-0.15, -0.1) is 0 Å². The standard InChI is InChI=1S/C17H22.2C2H6/c1-10-14-12(3)17(8-7-9-17)13(4)15(14)11(2)16(10,5)6;2*1-2/h3-4,7-9H2,1-2,5-6H3;2*1-2H3. The van der Waals surface area contributed by atoms with Crippen LogP contribution in [-0.2, 0) is 0 Å². The van der Waals surface area contributed by atoms with Crippen molar-refractivity contribution in [2.45, 2.75) is 74.7 Å². The van der Waals surface area contributed by atoms with Gasteiger partial charge >= 0.3 is 0 Å². The molecule has 1 spiro atoms. The number of fused-ring (bicyclic) bond motifs is 1. The van der Waals surface area contributed by atoms with Crippen LogP contribution in [0.25, 0.3) is 0 Å². The molecule has 0 saturated heterocycles. The van der Waals surface area contributed by atoms with Gasteiger partial charge in [-0.05, 0) is 49.0 Å². The maximum absolute atomic E-state index is 4.42. The molecular weight excluding hydrogens is 252 g/mol. The number of allylic oxidation sites excluding steroid dienone is 6. The molecule has 0 radical (unpaired) electrons. The van der Waals surface area contributed by atoms with Crippen molar-refractivity contribution in [2.75, 3.05) is 0 Å². The fourth-order valence-electron chi connectivity index (χ4n) is 3.83. The maximum atomic E-state index is 4.42. The Morgan fingerprint density at radius 1 is 0.762 bits per heavy atom. The first-order chi connectivity index (χ1) is 9.84. The molecular formula is C21H34. The normalized spacial score (nSPS) is 24.2. The summed E-state index contributed by atoms with van der Waals surface area (Å²) < 4.78 is 0. The molecule has 3 aliphatic rings. The Morgan fingerprint density at radius 3 is 1.33 bits per heavy atom. The topological polar surface area (TPSA) is 0 Å². The van der Waals surface area contributed by atoms with E-state index in [2.05, 4.69) is 40.9 Å². The number of hydrogen-bond acceptors (Lipinski definition) is 0. The molecule has 0 heterocycles. The van der Waals surface area contributed by atoms with Gasteiger partial charge in [-0.25, -0.2) is 0 Å². The summed E-state index contributed by atoms with van der Waals surface area (Å²) in [7, 11) is 0. The van der Waals surface area contributed by atoms with E-state index < -0.39 is 0 Å². The van der Waals surface area contributed by atoms with Crippen molar-refractivity contribution in [3.8, 4) is 0 Å². The molecule has 21 heavy (non-hydrogen) atoms. The second-order valence-corrected chi connectivity index (χ2v) is 6.52. The molecule has 2 fully saturated rings. The highest BCUT2D eigenvalue weighted by atomic mass is 14.6. The average molecular weight is 287 g/mol. The quantitative estimate of drug-likeness (QED) is 0.449. The van der Waals surface area contributed by atoms with E-state index in [0.29, 0.717) is 0 Å². The van der Waals surface area contributed by atoms with Gasteiger partial charge in [0.1, 0.15) is 0 Å². The molecule has 0 nitrogen and oxygen atoms in total. The summed E-state index contributed by atoms with van der Waals surface area (Å²) in [6.45, 7) is 26.0. The first-order valence-corrected chi connectivity index (χ1v) is 8.66. The summed E-state index contributed by atoms with van der Waals surface area (Å²) in [5.41, 5.74) is 9.09. The van der Waals surface area contributed by atoms with Gasteiger partial charge in [-0.2, -0.15) is 0 Å². The SMILES string of the molecule is C=C1C2=C(C)C(C)(C)C(C)=C2C(=C)C12CCC2.CC.CC. The average Bonchev–Trinajstić information content (AvgIpc) is 2.78. The molecule has 0 heteroatoms. The van der Waals surface area contributed by atoms with Crippen LogP contribution in [0.5, 0.6) is 0 Å². The van der Waals surface area contributed by atoms with E-state index in [1.165, 1.54) is 52.7 Å². The summed E-state index contributed by atoms with van der Waals surface area (Å²) in [5.74, 6) is 0. The van der Waals surface area contributed by atoms with Crippen molar-refractivity contribution in [1.82, 2.24) is 0 Å². The van der Waals surface area contributed by atoms with Crippen LogP contribution in [0.15, 0.2) is 46.6 Å². The van der Waals surface area contributed by atoms with Crippen LogP contribution >= 0.6 is 0 Å². The lowest BCUT2D eigenvalue weighted by atomic mass is 9.62. The first-order valence-electron chi connectivity index (χ1n) is 8.66. The summed E-state index contributed by atoms with van der Waals surface area (Å²) in [6, 6.07) is 0. The van der Waals surface area contributed by atoms with Crippen molar-refractivity contribution >= 4 is 0 Å². The van der Waals surface area contributed by atoms with Crippen LogP contribution in [0, 0.1) is 10.8 Å². The molecule has 0 aromatic rings. The zero-order valence-corrected chi connectivity index (χ0v) is 15.5. The highest BCUT2D eigenvalue weighted by molar-refractivity contribution is 5.76. The zero-order chi connectivity index (χ0) is 16.6. The molecule has 0 atom stereocenters. The fourth-order valence-corrected chi connectivity index (χ4v) is 3.83. The van der Waals surface area contributed by atoms with E-state index in [0.717, 1.165) is 0 Å². The molecule has 118 valence electrons. The first kappa shape index (κ1) is 18.0. The lowest BCUT2D eigenvalue weighted by Crippen LogP contribution is -2.30. The van der Waals surface area contributed by atoms with E-state index in [4.69, 9.17) is 0 Å².